The smallest absolute Gasteiger partial charge is 0.317 e. The average Bonchev–Trinajstić information content (AvgIpc) is 2.61. The molecule has 0 saturated heterocycles. The first kappa shape index (κ1) is 16.0. The molecule has 4 nitrogen and oxygen atoms in total. The van der Waals surface area contributed by atoms with E-state index in [1.165, 1.54) is 38.5 Å². The molecule has 0 aromatic carbocycles. The molecule has 19 heavy (non-hydrogen) atoms. The maximum atomic E-state index is 12.0. The van der Waals surface area contributed by atoms with Crippen LogP contribution in [-0.2, 0) is 0 Å². The highest BCUT2D eigenvalue weighted by atomic mass is 16.3. The number of amides is 2. The molecule has 4 heteroatoms. The van der Waals surface area contributed by atoms with Crippen LogP contribution in [0.1, 0.15) is 45.4 Å². The van der Waals surface area contributed by atoms with Crippen LogP contribution < -0.4 is 5.32 Å². The van der Waals surface area contributed by atoms with E-state index >= 15 is 0 Å². The second-order valence-corrected chi connectivity index (χ2v) is 5.84. The Labute approximate surface area is 116 Å². The van der Waals surface area contributed by atoms with E-state index in [1.807, 2.05) is 0 Å². The van der Waals surface area contributed by atoms with Crippen molar-refractivity contribution in [3.63, 3.8) is 0 Å². The van der Waals surface area contributed by atoms with Crippen LogP contribution in [0.5, 0.6) is 0 Å². The summed E-state index contributed by atoms with van der Waals surface area (Å²) in [6.07, 6.45) is 9.22. The third-order valence-corrected chi connectivity index (χ3v) is 3.98. The van der Waals surface area contributed by atoms with Crippen molar-refractivity contribution in [3.8, 4) is 0 Å². The highest BCUT2D eigenvalue weighted by molar-refractivity contribution is 5.74. The number of aliphatic hydroxyl groups is 1. The highest BCUT2D eigenvalue weighted by Crippen LogP contribution is 2.33. The fraction of sp³-hybridized carbons (Fsp3) is 0.800. The van der Waals surface area contributed by atoms with Crippen LogP contribution >= 0.6 is 0 Å². The molecule has 0 aliphatic heterocycles. The Morgan fingerprint density at radius 3 is 2.53 bits per heavy atom. The van der Waals surface area contributed by atoms with Crippen LogP contribution in [-0.4, -0.2) is 42.3 Å². The zero-order chi connectivity index (χ0) is 14.1. The molecule has 110 valence electrons. The number of nitrogens with one attached hydrogen (secondary N) is 1. The molecule has 0 spiro atoms. The molecule has 0 aromatic heterocycles. The lowest BCUT2D eigenvalue weighted by atomic mass is 9.82. The van der Waals surface area contributed by atoms with Crippen molar-refractivity contribution in [2.75, 3.05) is 26.2 Å². The van der Waals surface area contributed by atoms with Gasteiger partial charge in [-0.15, -0.1) is 6.58 Å². The molecule has 1 rings (SSSR count). The summed E-state index contributed by atoms with van der Waals surface area (Å²) in [6, 6.07) is -0.0978. The van der Waals surface area contributed by atoms with Crippen LogP contribution in [0.4, 0.5) is 4.79 Å². The van der Waals surface area contributed by atoms with E-state index in [0.29, 0.717) is 13.1 Å². The van der Waals surface area contributed by atoms with Crippen molar-refractivity contribution in [2.24, 2.45) is 5.41 Å². The standard InChI is InChI=1S/C15H28N2O2/c1-3-10-17(11-12-18)14(19)16-13-15(2)8-6-4-5-7-9-15/h3,18H,1,4-13H2,2H3,(H,16,19). The summed E-state index contributed by atoms with van der Waals surface area (Å²) in [5.74, 6) is 0. The first-order valence-electron chi connectivity index (χ1n) is 7.36. The number of carbonyl (C=O) groups excluding carboxylic acids is 1. The molecule has 0 unspecified atom stereocenters. The monoisotopic (exact) mass is 268 g/mol. The zero-order valence-electron chi connectivity index (χ0n) is 12.2. The predicted octanol–water partition coefficient (Wildman–Crippen LogP) is 2.54. The van der Waals surface area contributed by atoms with Gasteiger partial charge in [0.05, 0.1) is 6.61 Å². The number of carbonyl (C=O) groups is 1. The van der Waals surface area contributed by atoms with Crippen molar-refractivity contribution < 1.29 is 9.90 Å². The van der Waals surface area contributed by atoms with Gasteiger partial charge in [-0.05, 0) is 18.3 Å². The Hall–Kier alpha value is -1.03. The van der Waals surface area contributed by atoms with E-state index in [4.69, 9.17) is 5.11 Å². The van der Waals surface area contributed by atoms with Gasteiger partial charge >= 0.3 is 6.03 Å². The molecule has 1 saturated carbocycles. The molecule has 2 amide bonds. The van der Waals surface area contributed by atoms with Crippen molar-refractivity contribution in [1.82, 2.24) is 10.2 Å². The minimum Gasteiger partial charge on any atom is -0.395 e. The fourth-order valence-corrected chi connectivity index (χ4v) is 2.71. The summed E-state index contributed by atoms with van der Waals surface area (Å²) in [5, 5.41) is 12.0. The SMILES string of the molecule is C=CCN(CCO)C(=O)NCC1(C)CCCCCC1. The Morgan fingerprint density at radius 1 is 1.37 bits per heavy atom. The quantitative estimate of drug-likeness (QED) is 0.574. The number of hydrogen-bond donors (Lipinski definition) is 2. The first-order valence-corrected chi connectivity index (χ1v) is 7.36. The van der Waals surface area contributed by atoms with Crippen LogP contribution in [0.2, 0.25) is 0 Å². The highest BCUT2D eigenvalue weighted by Gasteiger charge is 2.26. The summed E-state index contributed by atoms with van der Waals surface area (Å²) >= 11 is 0. The molecular formula is C15H28N2O2. The molecular weight excluding hydrogens is 240 g/mol. The zero-order valence-corrected chi connectivity index (χ0v) is 12.2. The van der Waals surface area contributed by atoms with Crippen molar-refractivity contribution in [1.29, 1.82) is 0 Å². The normalized spacial score (nSPS) is 18.4. The summed E-state index contributed by atoms with van der Waals surface area (Å²) in [4.78, 5) is 13.6. The van der Waals surface area contributed by atoms with Gasteiger partial charge in [0.15, 0.2) is 0 Å². The summed E-state index contributed by atoms with van der Waals surface area (Å²) in [5.41, 5.74) is 0.227. The second kappa shape index (κ2) is 8.20. The average molecular weight is 268 g/mol. The number of nitrogens with zero attached hydrogens (tertiary/aromatic N) is 1. The van der Waals surface area contributed by atoms with Gasteiger partial charge in [-0.1, -0.05) is 38.7 Å². The van der Waals surface area contributed by atoms with Gasteiger partial charge in [-0.25, -0.2) is 4.79 Å². The van der Waals surface area contributed by atoms with Crippen LogP contribution in [0, 0.1) is 5.41 Å². The second-order valence-electron chi connectivity index (χ2n) is 5.84. The van der Waals surface area contributed by atoms with Gasteiger partial charge in [0.2, 0.25) is 0 Å². The molecule has 2 N–H and O–H groups in total. The lowest BCUT2D eigenvalue weighted by molar-refractivity contribution is 0.175. The third kappa shape index (κ3) is 5.64. The molecule has 1 aliphatic carbocycles. The Balaban J connectivity index is 2.44. The Bertz CT molecular complexity index is 284. The van der Waals surface area contributed by atoms with E-state index < -0.39 is 0 Å². The summed E-state index contributed by atoms with van der Waals surface area (Å²) in [7, 11) is 0. The van der Waals surface area contributed by atoms with Crippen molar-refractivity contribution in [2.45, 2.75) is 45.4 Å². The predicted molar refractivity (Wildman–Crippen MR) is 78.1 cm³/mol. The largest absolute Gasteiger partial charge is 0.395 e. The maximum absolute atomic E-state index is 12.0. The van der Waals surface area contributed by atoms with Crippen molar-refractivity contribution >= 4 is 6.03 Å². The van der Waals surface area contributed by atoms with E-state index in [1.54, 1.807) is 11.0 Å². The van der Waals surface area contributed by atoms with Crippen LogP contribution in [0.15, 0.2) is 12.7 Å². The van der Waals surface area contributed by atoms with Gasteiger partial charge in [-0.2, -0.15) is 0 Å². The maximum Gasteiger partial charge on any atom is 0.317 e. The summed E-state index contributed by atoms with van der Waals surface area (Å²) < 4.78 is 0. The molecule has 0 atom stereocenters. The molecule has 1 fully saturated rings. The third-order valence-electron chi connectivity index (χ3n) is 3.98. The molecule has 0 heterocycles. The lowest BCUT2D eigenvalue weighted by Gasteiger charge is -2.30. The topological polar surface area (TPSA) is 52.6 Å². The van der Waals surface area contributed by atoms with E-state index in [0.717, 1.165) is 6.54 Å². The Kier molecular flexibility index (Phi) is 6.92. The number of hydrogen-bond acceptors (Lipinski definition) is 2. The molecule has 0 aromatic rings. The fourth-order valence-electron chi connectivity index (χ4n) is 2.71. The van der Waals surface area contributed by atoms with Gasteiger partial charge < -0.3 is 15.3 Å². The van der Waals surface area contributed by atoms with E-state index in [-0.39, 0.29) is 18.1 Å². The van der Waals surface area contributed by atoms with Crippen LogP contribution in [0.3, 0.4) is 0 Å². The van der Waals surface area contributed by atoms with Crippen molar-refractivity contribution in [3.05, 3.63) is 12.7 Å². The van der Waals surface area contributed by atoms with E-state index in [9.17, 15) is 4.79 Å². The molecule has 0 bridgehead atoms. The number of rotatable bonds is 6. The van der Waals surface area contributed by atoms with Gasteiger partial charge in [0.1, 0.15) is 0 Å². The minimum atomic E-state index is -0.0978. The number of aliphatic hydroxyl groups excluding tert-OH is 1. The minimum absolute atomic E-state index is 0.0153. The Morgan fingerprint density at radius 2 is 2.00 bits per heavy atom. The number of urea groups is 1. The van der Waals surface area contributed by atoms with E-state index in [2.05, 4.69) is 18.8 Å². The van der Waals surface area contributed by atoms with Crippen LogP contribution in [0.25, 0.3) is 0 Å². The van der Waals surface area contributed by atoms with Gasteiger partial charge in [0, 0.05) is 19.6 Å². The summed E-state index contributed by atoms with van der Waals surface area (Å²) in [6.45, 7) is 7.45. The molecule has 0 radical (unpaired) electrons. The first-order chi connectivity index (χ1) is 9.11. The molecule has 1 aliphatic rings. The van der Waals surface area contributed by atoms with Gasteiger partial charge in [-0.3, -0.25) is 0 Å². The lowest BCUT2D eigenvalue weighted by Crippen LogP contribution is -2.45. The van der Waals surface area contributed by atoms with Gasteiger partial charge in [0.25, 0.3) is 0 Å².